The van der Waals surface area contributed by atoms with Crippen LogP contribution in [0.3, 0.4) is 0 Å². The van der Waals surface area contributed by atoms with Gasteiger partial charge >= 0.3 is 0 Å². The third-order valence-corrected chi connectivity index (χ3v) is 11.3. The van der Waals surface area contributed by atoms with Crippen molar-refractivity contribution in [3.8, 4) is 27.9 Å². The van der Waals surface area contributed by atoms with Crippen molar-refractivity contribution in [3.63, 3.8) is 0 Å². The Morgan fingerprint density at radius 1 is 0.533 bits per heavy atom. The molecule has 1 spiro atoms. The second kappa shape index (κ2) is 8.32. The summed E-state index contributed by atoms with van der Waals surface area (Å²) in [5.74, 6) is 0. The average molecular weight is 590 g/mol. The highest BCUT2D eigenvalue weighted by Crippen LogP contribution is 2.63. The van der Waals surface area contributed by atoms with Gasteiger partial charge in [0, 0.05) is 33.4 Å². The summed E-state index contributed by atoms with van der Waals surface area (Å²) in [4.78, 5) is 10.0. The lowest BCUT2D eigenvalue weighted by Gasteiger charge is -2.30. The molecule has 3 heterocycles. The predicted octanol–water partition coefficient (Wildman–Crippen LogP) is 10.3. The highest BCUT2D eigenvalue weighted by Gasteiger charge is 2.51. The van der Waals surface area contributed by atoms with Crippen LogP contribution in [0.25, 0.3) is 70.0 Å². The first-order valence-corrected chi connectivity index (χ1v) is 16.1. The Balaban J connectivity index is 1.29. The first-order valence-electron chi connectivity index (χ1n) is 15.3. The standard InChI is InChI=1S/C41H23N3S/c1-5-13-33-25(9-1)26-10-2-6-14-34(26)41(33)35-15-7-3-11-27(35)28-18-17-24(21-36(28)41)44-37-16-8-4-12-29(37)30-19-20-31-32-22-42-23-43-40(32)45-39(31)38(30)44/h1-23H. The molecule has 9 aromatic rings. The van der Waals surface area contributed by atoms with Crippen LogP contribution in [0.1, 0.15) is 22.3 Å². The normalized spacial score (nSPS) is 14.0. The lowest BCUT2D eigenvalue weighted by molar-refractivity contribution is 0.792. The summed E-state index contributed by atoms with van der Waals surface area (Å²) in [6.07, 6.45) is 3.60. The molecule has 0 fully saturated rings. The Morgan fingerprint density at radius 2 is 1.16 bits per heavy atom. The second-order valence-electron chi connectivity index (χ2n) is 12.2. The van der Waals surface area contributed by atoms with E-state index in [1.807, 2.05) is 6.20 Å². The number of aromatic nitrogens is 3. The number of rotatable bonds is 1. The fourth-order valence-corrected chi connectivity index (χ4v) is 9.67. The number of thiophene rings is 1. The molecule has 0 N–H and O–H groups in total. The van der Waals surface area contributed by atoms with E-state index in [2.05, 4.69) is 142 Å². The van der Waals surface area contributed by atoms with Gasteiger partial charge in [0.25, 0.3) is 0 Å². The van der Waals surface area contributed by atoms with Crippen molar-refractivity contribution in [2.24, 2.45) is 0 Å². The summed E-state index contributed by atoms with van der Waals surface area (Å²) in [5, 5.41) is 4.83. The topological polar surface area (TPSA) is 30.7 Å². The van der Waals surface area contributed by atoms with Gasteiger partial charge in [0.15, 0.2) is 0 Å². The van der Waals surface area contributed by atoms with E-state index in [0.717, 1.165) is 10.2 Å². The van der Waals surface area contributed by atoms with E-state index >= 15 is 0 Å². The first kappa shape index (κ1) is 23.8. The fraction of sp³-hybridized carbons (Fsp3) is 0.0244. The van der Waals surface area contributed by atoms with E-state index in [0.29, 0.717) is 0 Å². The van der Waals surface area contributed by atoms with Crippen molar-refractivity contribution in [1.29, 1.82) is 0 Å². The molecule has 3 aromatic heterocycles. The van der Waals surface area contributed by atoms with Gasteiger partial charge in [-0.1, -0.05) is 109 Å². The van der Waals surface area contributed by atoms with Gasteiger partial charge < -0.3 is 4.57 Å². The number of hydrogen-bond acceptors (Lipinski definition) is 3. The maximum Gasteiger partial charge on any atom is 0.127 e. The molecule has 0 atom stereocenters. The van der Waals surface area contributed by atoms with E-state index < -0.39 is 0 Å². The van der Waals surface area contributed by atoms with Gasteiger partial charge in [0.1, 0.15) is 11.2 Å². The SMILES string of the molecule is c1ccc2c(c1)-c1ccccc1C21c2ccccc2-c2ccc(-n3c4ccccc4c4ccc5c6cncnc6sc5c43)cc21. The number of hydrogen-bond donors (Lipinski definition) is 0. The molecule has 3 nitrogen and oxygen atoms in total. The number of nitrogens with zero attached hydrogens (tertiary/aromatic N) is 3. The van der Waals surface area contributed by atoms with Gasteiger partial charge in [-0.05, 0) is 62.7 Å². The van der Waals surface area contributed by atoms with Crippen LogP contribution in [0.4, 0.5) is 0 Å². The van der Waals surface area contributed by atoms with Crippen LogP contribution in [0.2, 0.25) is 0 Å². The van der Waals surface area contributed by atoms with Crippen LogP contribution in [-0.2, 0) is 5.41 Å². The van der Waals surface area contributed by atoms with Gasteiger partial charge in [0.2, 0.25) is 0 Å². The van der Waals surface area contributed by atoms with Gasteiger partial charge in [-0.15, -0.1) is 11.3 Å². The van der Waals surface area contributed by atoms with E-state index in [-0.39, 0.29) is 5.41 Å². The molecule has 0 saturated carbocycles. The van der Waals surface area contributed by atoms with Crippen LogP contribution >= 0.6 is 11.3 Å². The molecule has 0 radical (unpaired) electrons. The van der Waals surface area contributed by atoms with Gasteiger partial charge in [-0.3, -0.25) is 0 Å². The molecule has 208 valence electrons. The molecule has 45 heavy (non-hydrogen) atoms. The summed E-state index contributed by atoms with van der Waals surface area (Å²) in [6.45, 7) is 0. The molecule has 0 bridgehead atoms. The van der Waals surface area contributed by atoms with Crippen molar-refractivity contribution >= 4 is 53.4 Å². The summed E-state index contributed by atoms with van der Waals surface area (Å²) in [6, 6.07) is 47.5. The number of benzene rings is 6. The Kier molecular flexibility index (Phi) is 4.40. The quantitative estimate of drug-likeness (QED) is 0.191. The largest absolute Gasteiger partial charge is 0.308 e. The van der Waals surface area contributed by atoms with Crippen molar-refractivity contribution < 1.29 is 0 Å². The van der Waals surface area contributed by atoms with Crippen molar-refractivity contribution in [2.75, 3.05) is 0 Å². The van der Waals surface area contributed by atoms with Crippen LogP contribution in [-0.4, -0.2) is 14.5 Å². The zero-order chi connectivity index (χ0) is 29.3. The van der Waals surface area contributed by atoms with Crippen molar-refractivity contribution in [3.05, 3.63) is 162 Å². The molecule has 0 aliphatic heterocycles. The van der Waals surface area contributed by atoms with E-state index in [1.165, 1.54) is 82.1 Å². The Morgan fingerprint density at radius 3 is 1.89 bits per heavy atom. The van der Waals surface area contributed by atoms with Crippen LogP contribution < -0.4 is 0 Å². The molecule has 0 saturated heterocycles. The molecular weight excluding hydrogens is 567 g/mol. The highest BCUT2D eigenvalue weighted by atomic mass is 32.1. The van der Waals surface area contributed by atoms with Crippen LogP contribution in [0, 0.1) is 0 Å². The number of fused-ring (bicyclic) bond motifs is 17. The lowest BCUT2D eigenvalue weighted by Crippen LogP contribution is -2.26. The highest BCUT2D eigenvalue weighted by molar-refractivity contribution is 7.26. The molecule has 2 aliphatic rings. The molecule has 0 amide bonds. The zero-order valence-electron chi connectivity index (χ0n) is 24.0. The van der Waals surface area contributed by atoms with Gasteiger partial charge in [-0.2, -0.15) is 0 Å². The summed E-state index contributed by atoms with van der Waals surface area (Å²) < 4.78 is 3.73. The molecule has 2 aliphatic carbocycles. The number of para-hydroxylation sites is 1. The minimum atomic E-state index is -0.379. The summed E-state index contributed by atoms with van der Waals surface area (Å²) in [7, 11) is 0. The van der Waals surface area contributed by atoms with Crippen LogP contribution in [0.15, 0.2) is 140 Å². The van der Waals surface area contributed by atoms with Gasteiger partial charge in [-0.25, -0.2) is 9.97 Å². The molecule has 4 heteroatoms. The maximum atomic E-state index is 4.64. The maximum absolute atomic E-state index is 4.64. The average Bonchev–Trinajstić information content (AvgIpc) is 3.82. The summed E-state index contributed by atoms with van der Waals surface area (Å²) in [5.41, 5.74) is 13.9. The first-order chi connectivity index (χ1) is 22.3. The van der Waals surface area contributed by atoms with Crippen molar-refractivity contribution in [2.45, 2.75) is 5.41 Å². The predicted molar refractivity (Wildman–Crippen MR) is 186 cm³/mol. The fourth-order valence-electron chi connectivity index (χ4n) is 8.51. The molecule has 0 unspecified atom stereocenters. The minimum absolute atomic E-state index is 0.379. The third kappa shape index (κ3) is 2.78. The third-order valence-electron chi connectivity index (χ3n) is 10.2. The smallest absolute Gasteiger partial charge is 0.127 e. The van der Waals surface area contributed by atoms with Gasteiger partial charge in [0.05, 0.1) is 21.1 Å². The molecule has 11 rings (SSSR count). The Bertz CT molecular complexity index is 2670. The Hall–Kier alpha value is -5.58. The lowest BCUT2D eigenvalue weighted by atomic mass is 9.70. The zero-order valence-corrected chi connectivity index (χ0v) is 24.8. The van der Waals surface area contributed by atoms with Crippen molar-refractivity contribution in [1.82, 2.24) is 14.5 Å². The van der Waals surface area contributed by atoms with E-state index in [1.54, 1.807) is 17.7 Å². The minimum Gasteiger partial charge on any atom is -0.308 e. The molecular formula is C41H23N3S. The summed E-state index contributed by atoms with van der Waals surface area (Å²) >= 11 is 1.76. The molecule has 6 aromatic carbocycles. The van der Waals surface area contributed by atoms with E-state index in [9.17, 15) is 0 Å². The monoisotopic (exact) mass is 589 g/mol. The van der Waals surface area contributed by atoms with Crippen LogP contribution in [0.5, 0.6) is 0 Å². The second-order valence-corrected chi connectivity index (χ2v) is 13.2. The van der Waals surface area contributed by atoms with E-state index in [4.69, 9.17) is 0 Å². The Labute approximate surface area is 262 Å².